The molecule has 1 aromatic rings. The van der Waals surface area contributed by atoms with Gasteiger partial charge >= 0.3 is 0 Å². The molecule has 1 amide bonds. The average molecular weight is 346 g/mol. The van der Waals surface area contributed by atoms with Crippen molar-refractivity contribution in [3.8, 4) is 5.75 Å². The second-order valence-corrected chi connectivity index (χ2v) is 5.22. The van der Waals surface area contributed by atoms with Crippen LogP contribution in [0.1, 0.15) is 12.8 Å². The Hall–Kier alpha value is -1.11. The molecule has 2 N–H and O–H groups in total. The van der Waals surface area contributed by atoms with Crippen molar-refractivity contribution in [1.82, 2.24) is 5.32 Å². The highest BCUT2D eigenvalue weighted by atomic mass is 79.9. The minimum absolute atomic E-state index is 0.111. The second-order valence-electron chi connectivity index (χ2n) is 4.31. The van der Waals surface area contributed by atoms with Crippen molar-refractivity contribution in [1.29, 1.82) is 0 Å². The smallest absolute Gasteiger partial charge is 0.220 e. The van der Waals surface area contributed by atoms with Crippen molar-refractivity contribution >= 4 is 21.8 Å². The molecule has 0 fully saturated rings. The van der Waals surface area contributed by atoms with E-state index < -0.39 is 0 Å². The summed E-state index contributed by atoms with van der Waals surface area (Å²) >= 11 is 3.35. The fourth-order valence-electron chi connectivity index (χ4n) is 1.59. The number of hydrogen-bond acceptors (Lipinski definition) is 4. The minimum atomic E-state index is -0.347. The zero-order valence-corrected chi connectivity index (χ0v) is 13.1. The number of carbonyl (C=O) groups is 1. The van der Waals surface area contributed by atoms with Gasteiger partial charge in [-0.15, -0.1) is 0 Å². The van der Waals surface area contributed by atoms with Gasteiger partial charge in [-0.2, -0.15) is 0 Å². The predicted octanol–water partition coefficient (Wildman–Crippen LogP) is 1.73. The monoisotopic (exact) mass is 345 g/mol. The molecule has 0 bridgehead atoms. The topological polar surface area (TPSA) is 67.8 Å². The van der Waals surface area contributed by atoms with E-state index in [1.54, 1.807) is 0 Å². The summed E-state index contributed by atoms with van der Waals surface area (Å²) in [6, 6.07) is 7.19. The molecular formula is C14H20BrNO4. The maximum Gasteiger partial charge on any atom is 0.220 e. The Kier molecular flexibility index (Phi) is 8.25. The molecule has 112 valence electrons. The quantitative estimate of drug-likeness (QED) is 0.669. The van der Waals surface area contributed by atoms with Gasteiger partial charge in [0.2, 0.25) is 5.91 Å². The number of methoxy groups -OCH3 is 1. The number of carbonyl (C=O) groups excluding carboxylic acids is 1. The summed E-state index contributed by atoms with van der Waals surface area (Å²) in [5.74, 6) is 0.668. The Morgan fingerprint density at radius 2 is 2.10 bits per heavy atom. The van der Waals surface area contributed by atoms with Gasteiger partial charge in [0.15, 0.2) is 0 Å². The van der Waals surface area contributed by atoms with Crippen LogP contribution >= 0.6 is 15.9 Å². The van der Waals surface area contributed by atoms with Crippen molar-refractivity contribution in [3.05, 3.63) is 28.7 Å². The molecule has 0 aliphatic heterocycles. The molecule has 0 aliphatic carbocycles. The fraction of sp³-hybridized carbons (Fsp3) is 0.500. The molecule has 5 nitrogen and oxygen atoms in total. The summed E-state index contributed by atoms with van der Waals surface area (Å²) in [6.45, 7) is 0.649. The van der Waals surface area contributed by atoms with Gasteiger partial charge in [-0.3, -0.25) is 4.79 Å². The molecule has 0 heterocycles. The molecule has 1 unspecified atom stereocenters. The van der Waals surface area contributed by atoms with Crippen LogP contribution in [0.5, 0.6) is 5.75 Å². The van der Waals surface area contributed by atoms with Crippen molar-refractivity contribution in [2.24, 2.45) is 0 Å². The number of aliphatic hydroxyl groups excluding tert-OH is 1. The fourth-order valence-corrected chi connectivity index (χ4v) is 1.86. The molecule has 1 atom stereocenters. The average Bonchev–Trinajstić information content (AvgIpc) is 2.45. The Labute approximate surface area is 127 Å². The number of nitrogens with one attached hydrogen (secondary N) is 1. The number of hydrogen-bond donors (Lipinski definition) is 2. The van der Waals surface area contributed by atoms with Crippen molar-refractivity contribution in [2.75, 3.05) is 26.9 Å². The zero-order valence-electron chi connectivity index (χ0n) is 11.5. The van der Waals surface area contributed by atoms with E-state index in [0.29, 0.717) is 26.1 Å². The Morgan fingerprint density at radius 3 is 2.70 bits per heavy atom. The number of halogens is 1. The molecule has 0 spiro atoms. The van der Waals surface area contributed by atoms with Crippen LogP contribution in [0.15, 0.2) is 28.7 Å². The summed E-state index contributed by atoms with van der Waals surface area (Å²) in [4.78, 5) is 11.6. The molecule has 0 aromatic heterocycles. The van der Waals surface area contributed by atoms with Crippen molar-refractivity contribution < 1.29 is 19.4 Å². The molecule has 0 saturated heterocycles. The van der Waals surface area contributed by atoms with Gasteiger partial charge in [-0.05, 0) is 30.7 Å². The van der Waals surface area contributed by atoms with Gasteiger partial charge in [-0.25, -0.2) is 0 Å². The maximum atomic E-state index is 11.6. The molecule has 6 heteroatoms. The highest BCUT2D eigenvalue weighted by Gasteiger charge is 2.10. The molecule has 0 radical (unpaired) electrons. The van der Waals surface area contributed by atoms with Crippen LogP contribution in [-0.2, 0) is 9.53 Å². The standard InChI is InChI=1S/C14H20BrNO4/c1-19-10-12(9-17)16-14(18)3-2-8-20-13-6-4-11(15)5-7-13/h4-7,12,17H,2-3,8-10H2,1H3,(H,16,18). The first kappa shape index (κ1) is 16.9. The van der Waals surface area contributed by atoms with E-state index in [1.807, 2.05) is 24.3 Å². The van der Waals surface area contributed by atoms with Crippen LogP contribution in [0.2, 0.25) is 0 Å². The molecule has 20 heavy (non-hydrogen) atoms. The number of rotatable bonds is 9. The van der Waals surface area contributed by atoms with Gasteiger partial charge in [0, 0.05) is 18.0 Å². The lowest BCUT2D eigenvalue weighted by atomic mass is 10.2. The van der Waals surface area contributed by atoms with E-state index in [1.165, 1.54) is 7.11 Å². The lowest BCUT2D eigenvalue weighted by molar-refractivity contribution is -0.122. The Morgan fingerprint density at radius 1 is 1.40 bits per heavy atom. The molecule has 1 rings (SSSR count). The summed E-state index contributed by atoms with van der Waals surface area (Å²) in [5, 5.41) is 11.7. The van der Waals surface area contributed by atoms with E-state index in [4.69, 9.17) is 14.6 Å². The molecule has 0 aliphatic rings. The highest BCUT2D eigenvalue weighted by Crippen LogP contribution is 2.16. The van der Waals surface area contributed by atoms with Crippen molar-refractivity contribution in [2.45, 2.75) is 18.9 Å². The predicted molar refractivity (Wildman–Crippen MR) is 79.8 cm³/mol. The third-order valence-corrected chi connectivity index (χ3v) is 3.11. The van der Waals surface area contributed by atoms with Gasteiger partial charge < -0.3 is 19.9 Å². The number of amides is 1. The zero-order chi connectivity index (χ0) is 14.8. The summed E-state index contributed by atoms with van der Waals surface area (Å²) in [5.41, 5.74) is 0. The van der Waals surface area contributed by atoms with Crippen LogP contribution in [0, 0.1) is 0 Å². The second kappa shape index (κ2) is 9.74. The number of aliphatic hydroxyl groups is 1. The largest absolute Gasteiger partial charge is 0.494 e. The lowest BCUT2D eigenvalue weighted by Crippen LogP contribution is -2.40. The first-order valence-electron chi connectivity index (χ1n) is 6.43. The van der Waals surface area contributed by atoms with Gasteiger partial charge in [0.05, 0.1) is 25.9 Å². The van der Waals surface area contributed by atoms with E-state index in [0.717, 1.165) is 10.2 Å². The molecule has 0 saturated carbocycles. The van der Waals surface area contributed by atoms with Gasteiger partial charge in [-0.1, -0.05) is 15.9 Å². The van der Waals surface area contributed by atoms with Gasteiger partial charge in [0.25, 0.3) is 0 Å². The summed E-state index contributed by atoms with van der Waals surface area (Å²) in [7, 11) is 1.53. The third-order valence-electron chi connectivity index (χ3n) is 2.58. The van der Waals surface area contributed by atoms with Gasteiger partial charge in [0.1, 0.15) is 5.75 Å². The van der Waals surface area contributed by atoms with Crippen molar-refractivity contribution in [3.63, 3.8) is 0 Å². The van der Waals surface area contributed by atoms with E-state index >= 15 is 0 Å². The summed E-state index contributed by atoms with van der Waals surface area (Å²) < 4.78 is 11.4. The first-order chi connectivity index (χ1) is 9.65. The first-order valence-corrected chi connectivity index (χ1v) is 7.22. The van der Waals surface area contributed by atoms with Crippen LogP contribution in [-0.4, -0.2) is 44.0 Å². The summed E-state index contributed by atoms with van der Waals surface area (Å²) in [6.07, 6.45) is 0.976. The third kappa shape index (κ3) is 6.88. The molecular weight excluding hydrogens is 326 g/mol. The van der Waals surface area contributed by atoms with Crippen LogP contribution in [0.3, 0.4) is 0 Å². The minimum Gasteiger partial charge on any atom is -0.494 e. The number of benzene rings is 1. The Balaban J connectivity index is 2.17. The van der Waals surface area contributed by atoms with E-state index in [2.05, 4.69) is 21.2 Å². The number of ether oxygens (including phenoxy) is 2. The maximum absolute atomic E-state index is 11.6. The SMILES string of the molecule is COCC(CO)NC(=O)CCCOc1ccc(Br)cc1. The highest BCUT2D eigenvalue weighted by molar-refractivity contribution is 9.10. The molecule has 1 aromatic carbocycles. The van der Waals surface area contributed by atoms with Crippen LogP contribution in [0.25, 0.3) is 0 Å². The van der Waals surface area contributed by atoms with E-state index in [-0.39, 0.29) is 18.6 Å². The lowest BCUT2D eigenvalue weighted by Gasteiger charge is -2.15. The Bertz CT molecular complexity index is 397. The van der Waals surface area contributed by atoms with E-state index in [9.17, 15) is 4.79 Å². The van der Waals surface area contributed by atoms with Crippen LogP contribution < -0.4 is 10.1 Å². The normalized spacial score (nSPS) is 11.9. The van der Waals surface area contributed by atoms with Crippen LogP contribution in [0.4, 0.5) is 0 Å².